The summed E-state index contributed by atoms with van der Waals surface area (Å²) in [5.41, 5.74) is 1.09. The summed E-state index contributed by atoms with van der Waals surface area (Å²) in [4.78, 5) is 25.2. The van der Waals surface area contributed by atoms with Crippen molar-refractivity contribution in [2.45, 2.75) is 19.4 Å². The third-order valence-electron chi connectivity index (χ3n) is 3.19. The van der Waals surface area contributed by atoms with Crippen LogP contribution < -0.4 is 5.32 Å². The molecular formula is C13H16N2O3. The van der Waals surface area contributed by atoms with Gasteiger partial charge in [0, 0.05) is 19.2 Å². The minimum absolute atomic E-state index is 0.0566. The van der Waals surface area contributed by atoms with E-state index in [-0.39, 0.29) is 17.6 Å². The van der Waals surface area contributed by atoms with Crippen LogP contribution in [-0.4, -0.2) is 41.5 Å². The van der Waals surface area contributed by atoms with Crippen LogP contribution in [0.5, 0.6) is 5.75 Å². The van der Waals surface area contributed by atoms with Gasteiger partial charge in [0.05, 0.1) is 0 Å². The van der Waals surface area contributed by atoms with Crippen molar-refractivity contribution in [1.82, 2.24) is 10.2 Å². The van der Waals surface area contributed by atoms with Crippen molar-refractivity contribution in [3.63, 3.8) is 0 Å². The summed E-state index contributed by atoms with van der Waals surface area (Å²) in [5, 5.41) is 12.1. The molecular weight excluding hydrogens is 232 g/mol. The standard InChI is InChI=1S/C13H16N2O3/c1-8-7-9(3-4-11(8)16)12(17)14-10-5-6-15(2)13(10)18/h3-4,7,10,16H,5-6H2,1-2H3,(H,14,17). The molecule has 5 nitrogen and oxygen atoms in total. The summed E-state index contributed by atoms with van der Waals surface area (Å²) in [6.07, 6.45) is 0.637. The van der Waals surface area contributed by atoms with E-state index in [1.165, 1.54) is 6.07 Å². The van der Waals surface area contributed by atoms with Crippen LogP contribution in [0.4, 0.5) is 0 Å². The number of phenolic OH excluding ortho intramolecular Hbond substituents is 1. The van der Waals surface area contributed by atoms with E-state index in [0.717, 1.165) is 0 Å². The lowest BCUT2D eigenvalue weighted by Gasteiger charge is -2.12. The second-order valence-electron chi connectivity index (χ2n) is 4.58. The minimum atomic E-state index is -0.434. The Morgan fingerprint density at radius 3 is 2.78 bits per heavy atom. The smallest absolute Gasteiger partial charge is 0.251 e. The van der Waals surface area contributed by atoms with E-state index in [2.05, 4.69) is 5.32 Å². The Morgan fingerprint density at radius 2 is 2.22 bits per heavy atom. The number of carbonyl (C=O) groups is 2. The Labute approximate surface area is 105 Å². The van der Waals surface area contributed by atoms with Crippen molar-refractivity contribution in [3.05, 3.63) is 29.3 Å². The SMILES string of the molecule is Cc1cc(C(=O)NC2CCN(C)C2=O)ccc1O. The number of aryl methyl sites for hydroxylation is 1. The van der Waals surface area contributed by atoms with Crippen LogP contribution in [0.25, 0.3) is 0 Å². The average molecular weight is 248 g/mol. The predicted octanol–water partition coefficient (Wildman–Crippen LogP) is 0.661. The maximum atomic E-state index is 12.0. The molecule has 0 spiro atoms. The van der Waals surface area contributed by atoms with Crippen LogP contribution in [0.15, 0.2) is 18.2 Å². The zero-order valence-electron chi connectivity index (χ0n) is 10.4. The molecule has 0 aromatic heterocycles. The number of phenols is 1. The third-order valence-corrected chi connectivity index (χ3v) is 3.19. The Bertz CT molecular complexity index is 499. The molecule has 0 aliphatic carbocycles. The summed E-state index contributed by atoms with van der Waals surface area (Å²) in [5.74, 6) is -0.186. The molecule has 1 fully saturated rings. The minimum Gasteiger partial charge on any atom is -0.508 e. The summed E-state index contributed by atoms with van der Waals surface area (Å²) >= 11 is 0. The van der Waals surface area contributed by atoms with Crippen LogP contribution in [-0.2, 0) is 4.79 Å². The molecule has 18 heavy (non-hydrogen) atoms. The zero-order valence-corrected chi connectivity index (χ0v) is 10.4. The van der Waals surface area contributed by atoms with Gasteiger partial charge in [0.2, 0.25) is 5.91 Å². The second-order valence-corrected chi connectivity index (χ2v) is 4.58. The first-order valence-electron chi connectivity index (χ1n) is 5.84. The van der Waals surface area contributed by atoms with Crippen molar-refractivity contribution in [2.75, 3.05) is 13.6 Å². The lowest BCUT2D eigenvalue weighted by Crippen LogP contribution is -2.40. The molecule has 1 atom stereocenters. The molecule has 2 rings (SSSR count). The van der Waals surface area contributed by atoms with Crippen LogP contribution in [0.1, 0.15) is 22.3 Å². The molecule has 1 heterocycles. The number of hydrogen-bond donors (Lipinski definition) is 2. The first-order valence-corrected chi connectivity index (χ1v) is 5.84. The summed E-state index contributed by atoms with van der Waals surface area (Å²) in [6, 6.07) is 4.19. The lowest BCUT2D eigenvalue weighted by molar-refractivity contribution is -0.128. The van der Waals surface area contributed by atoms with E-state index < -0.39 is 6.04 Å². The van der Waals surface area contributed by atoms with Crippen molar-refractivity contribution in [2.24, 2.45) is 0 Å². The van der Waals surface area contributed by atoms with Gasteiger partial charge in [-0.05, 0) is 37.1 Å². The number of carbonyl (C=O) groups excluding carboxylic acids is 2. The molecule has 2 amide bonds. The lowest BCUT2D eigenvalue weighted by atomic mass is 10.1. The molecule has 1 saturated heterocycles. The van der Waals surface area contributed by atoms with E-state index in [1.807, 2.05) is 0 Å². The fourth-order valence-corrected chi connectivity index (χ4v) is 1.99. The Hall–Kier alpha value is -2.04. The van der Waals surface area contributed by atoms with E-state index in [1.54, 1.807) is 31.0 Å². The topological polar surface area (TPSA) is 69.6 Å². The van der Waals surface area contributed by atoms with Crippen LogP contribution in [0.3, 0.4) is 0 Å². The zero-order chi connectivity index (χ0) is 13.3. The highest BCUT2D eigenvalue weighted by Gasteiger charge is 2.30. The number of rotatable bonds is 2. The molecule has 0 radical (unpaired) electrons. The molecule has 5 heteroatoms. The third kappa shape index (κ3) is 2.30. The largest absolute Gasteiger partial charge is 0.508 e. The molecule has 0 bridgehead atoms. The first-order chi connectivity index (χ1) is 8.49. The van der Waals surface area contributed by atoms with Gasteiger partial charge in [-0.15, -0.1) is 0 Å². The molecule has 1 aliphatic heterocycles. The van der Waals surface area contributed by atoms with Crippen molar-refractivity contribution >= 4 is 11.8 Å². The highest BCUT2D eigenvalue weighted by atomic mass is 16.3. The van der Waals surface area contributed by atoms with Crippen LogP contribution in [0.2, 0.25) is 0 Å². The van der Waals surface area contributed by atoms with E-state index in [9.17, 15) is 14.7 Å². The van der Waals surface area contributed by atoms with Crippen molar-refractivity contribution < 1.29 is 14.7 Å². The van der Waals surface area contributed by atoms with Gasteiger partial charge >= 0.3 is 0 Å². The van der Waals surface area contributed by atoms with E-state index in [4.69, 9.17) is 0 Å². The summed E-state index contributed by atoms with van der Waals surface area (Å²) in [6.45, 7) is 2.39. The van der Waals surface area contributed by atoms with Gasteiger partial charge in [0.15, 0.2) is 0 Å². The van der Waals surface area contributed by atoms with Crippen LogP contribution in [0, 0.1) is 6.92 Å². The van der Waals surface area contributed by atoms with Gasteiger partial charge < -0.3 is 15.3 Å². The number of amides is 2. The predicted molar refractivity (Wildman–Crippen MR) is 66.4 cm³/mol. The number of hydrogen-bond acceptors (Lipinski definition) is 3. The highest BCUT2D eigenvalue weighted by molar-refractivity contribution is 5.98. The number of nitrogens with one attached hydrogen (secondary N) is 1. The molecule has 2 N–H and O–H groups in total. The maximum Gasteiger partial charge on any atom is 0.251 e. The Morgan fingerprint density at radius 1 is 1.50 bits per heavy atom. The normalized spacial score (nSPS) is 19.1. The van der Waals surface area contributed by atoms with Crippen LogP contribution >= 0.6 is 0 Å². The van der Waals surface area contributed by atoms with Gasteiger partial charge in [0.1, 0.15) is 11.8 Å². The monoisotopic (exact) mass is 248 g/mol. The quantitative estimate of drug-likeness (QED) is 0.807. The fraction of sp³-hybridized carbons (Fsp3) is 0.385. The molecule has 1 aromatic rings. The number of likely N-dealkylation sites (tertiary alicyclic amines) is 1. The van der Waals surface area contributed by atoms with Gasteiger partial charge in [-0.2, -0.15) is 0 Å². The van der Waals surface area contributed by atoms with E-state index in [0.29, 0.717) is 24.1 Å². The van der Waals surface area contributed by atoms with E-state index >= 15 is 0 Å². The second kappa shape index (κ2) is 4.68. The number of nitrogens with zero attached hydrogens (tertiary/aromatic N) is 1. The molecule has 1 aromatic carbocycles. The van der Waals surface area contributed by atoms with Gasteiger partial charge in [-0.1, -0.05) is 0 Å². The maximum absolute atomic E-state index is 12.0. The molecule has 1 unspecified atom stereocenters. The molecule has 1 aliphatic rings. The first kappa shape index (κ1) is 12.4. The molecule has 0 saturated carbocycles. The Kier molecular flexibility index (Phi) is 3.23. The van der Waals surface area contributed by atoms with Crippen molar-refractivity contribution in [1.29, 1.82) is 0 Å². The van der Waals surface area contributed by atoms with Gasteiger partial charge in [-0.3, -0.25) is 9.59 Å². The summed E-state index contributed by atoms with van der Waals surface area (Å²) in [7, 11) is 1.72. The van der Waals surface area contributed by atoms with Crippen molar-refractivity contribution in [3.8, 4) is 5.75 Å². The molecule has 96 valence electrons. The number of benzene rings is 1. The Balaban J connectivity index is 2.08. The van der Waals surface area contributed by atoms with Gasteiger partial charge in [-0.25, -0.2) is 0 Å². The summed E-state index contributed by atoms with van der Waals surface area (Å²) < 4.78 is 0. The highest BCUT2D eigenvalue weighted by Crippen LogP contribution is 2.17. The average Bonchev–Trinajstić information content (AvgIpc) is 2.64. The number of aromatic hydroxyl groups is 1. The van der Waals surface area contributed by atoms with Gasteiger partial charge in [0.25, 0.3) is 5.91 Å². The fourth-order valence-electron chi connectivity index (χ4n) is 1.99. The number of likely N-dealkylation sites (N-methyl/N-ethyl adjacent to an activating group) is 1.